The molecule has 4 N–H and O–H groups in total. The van der Waals surface area contributed by atoms with Crippen molar-refractivity contribution < 1.29 is 13.6 Å². The molecule has 0 aliphatic carbocycles. The molecule has 0 heterocycles. The number of nitrogens with two attached hydrogens (primary N) is 1. The van der Waals surface area contributed by atoms with Crippen LogP contribution in [-0.4, -0.2) is 17.1 Å². The number of hydrogen-bond donors (Lipinski definition) is 3. The van der Waals surface area contributed by atoms with Gasteiger partial charge in [0, 0.05) is 18.5 Å². The van der Waals surface area contributed by atoms with Gasteiger partial charge in [-0.15, -0.1) is 0 Å². The third kappa shape index (κ3) is 4.62. The third-order valence-corrected chi connectivity index (χ3v) is 2.23. The van der Waals surface area contributed by atoms with Crippen LogP contribution in [0, 0.1) is 11.6 Å². The van der Waals surface area contributed by atoms with E-state index < -0.39 is 17.7 Å². The summed E-state index contributed by atoms with van der Waals surface area (Å²) in [7, 11) is 0. The Bertz CT molecular complexity index is 468. The number of urea groups is 1. The highest BCUT2D eigenvalue weighted by Gasteiger charge is 2.11. The molecule has 1 rings (SSSR count). The zero-order chi connectivity index (χ0) is 13.7. The molecule has 18 heavy (non-hydrogen) atoms. The van der Waals surface area contributed by atoms with Crippen LogP contribution >= 0.6 is 12.2 Å². The first-order valence-corrected chi connectivity index (χ1v) is 5.60. The van der Waals surface area contributed by atoms with Gasteiger partial charge in [0.05, 0.1) is 10.7 Å². The second-order valence-electron chi connectivity index (χ2n) is 3.79. The lowest BCUT2D eigenvalue weighted by Gasteiger charge is -2.14. The molecule has 0 spiro atoms. The molecule has 1 aromatic carbocycles. The number of hydrogen-bond acceptors (Lipinski definition) is 2. The van der Waals surface area contributed by atoms with E-state index >= 15 is 0 Å². The SMILES string of the molecule is CC(CC(N)=S)NC(=O)Nc1ccc(F)cc1F. The number of rotatable bonds is 4. The van der Waals surface area contributed by atoms with Gasteiger partial charge in [-0.25, -0.2) is 13.6 Å². The largest absolute Gasteiger partial charge is 0.393 e. The van der Waals surface area contributed by atoms with Crippen LogP contribution in [0.5, 0.6) is 0 Å². The molecule has 2 amide bonds. The quantitative estimate of drug-likeness (QED) is 0.736. The average Bonchev–Trinajstić information content (AvgIpc) is 2.20. The van der Waals surface area contributed by atoms with Gasteiger partial charge in [-0.2, -0.15) is 0 Å². The predicted molar refractivity (Wildman–Crippen MR) is 69.4 cm³/mol. The maximum Gasteiger partial charge on any atom is 0.319 e. The molecular formula is C11H13F2N3OS. The Morgan fingerprint density at radius 2 is 2.17 bits per heavy atom. The van der Waals surface area contributed by atoms with Crippen LogP contribution in [0.4, 0.5) is 19.3 Å². The Labute approximate surface area is 109 Å². The molecule has 0 aliphatic rings. The highest BCUT2D eigenvalue weighted by molar-refractivity contribution is 7.80. The molecular weight excluding hydrogens is 260 g/mol. The molecule has 0 saturated heterocycles. The lowest BCUT2D eigenvalue weighted by Crippen LogP contribution is -2.38. The molecule has 4 nitrogen and oxygen atoms in total. The Hall–Kier alpha value is -1.76. The molecule has 1 atom stereocenters. The Morgan fingerprint density at radius 1 is 1.50 bits per heavy atom. The van der Waals surface area contributed by atoms with Crippen molar-refractivity contribution in [3.05, 3.63) is 29.8 Å². The van der Waals surface area contributed by atoms with Gasteiger partial charge in [-0.3, -0.25) is 0 Å². The van der Waals surface area contributed by atoms with Gasteiger partial charge in [0.25, 0.3) is 0 Å². The summed E-state index contributed by atoms with van der Waals surface area (Å²) in [6, 6.07) is 2.00. The Kier molecular flexibility index (Phi) is 4.96. The number of nitrogens with one attached hydrogen (secondary N) is 2. The van der Waals surface area contributed by atoms with Crippen molar-refractivity contribution >= 4 is 28.9 Å². The molecule has 0 aromatic heterocycles. The minimum Gasteiger partial charge on any atom is -0.393 e. The number of halogens is 2. The van der Waals surface area contributed by atoms with Crippen molar-refractivity contribution in [1.82, 2.24) is 5.32 Å². The van der Waals surface area contributed by atoms with Gasteiger partial charge in [-0.1, -0.05) is 12.2 Å². The number of carbonyl (C=O) groups excluding carboxylic acids is 1. The smallest absolute Gasteiger partial charge is 0.319 e. The Balaban J connectivity index is 2.56. The van der Waals surface area contributed by atoms with Crippen LogP contribution in [0.2, 0.25) is 0 Å². The van der Waals surface area contributed by atoms with Crippen molar-refractivity contribution in [2.24, 2.45) is 5.73 Å². The molecule has 0 radical (unpaired) electrons. The summed E-state index contributed by atoms with van der Waals surface area (Å²) in [6.07, 6.45) is 0.342. The fourth-order valence-electron chi connectivity index (χ4n) is 1.33. The zero-order valence-corrected chi connectivity index (χ0v) is 10.5. The van der Waals surface area contributed by atoms with E-state index in [1.807, 2.05) is 0 Å². The fourth-order valence-corrected chi connectivity index (χ4v) is 1.58. The van der Waals surface area contributed by atoms with E-state index in [2.05, 4.69) is 10.6 Å². The number of carbonyl (C=O) groups is 1. The summed E-state index contributed by atoms with van der Waals surface area (Å²) in [5.74, 6) is -1.55. The van der Waals surface area contributed by atoms with Crippen LogP contribution in [0.3, 0.4) is 0 Å². The molecule has 98 valence electrons. The van der Waals surface area contributed by atoms with Gasteiger partial charge in [0.15, 0.2) is 0 Å². The van der Waals surface area contributed by atoms with Crippen LogP contribution < -0.4 is 16.4 Å². The lowest BCUT2D eigenvalue weighted by atomic mass is 10.2. The summed E-state index contributed by atoms with van der Waals surface area (Å²) >= 11 is 4.69. The van der Waals surface area contributed by atoms with Crippen LogP contribution in [0.1, 0.15) is 13.3 Å². The van der Waals surface area contributed by atoms with Crippen LogP contribution in [0.15, 0.2) is 18.2 Å². The number of thiocarbonyl (C=S) groups is 1. The number of anilines is 1. The van der Waals surface area contributed by atoms with Gasteiger partial charge < -0.3 is 16.4 Å². The van der Waals surface area contributed by atoms with E-state index in [9.17, 15) is 13.6 Å². The minimum atomic E-state index is -0.841. The van der Waals surface area contributed by atoms with Crippen molar-refractivity contribution in [2.45, 2.75) is 19.4 Å². The molecule has 7 heteroatoms. The first-order chi connectivity index (χ1) is 8.38. The molecule has 1 aromatic rings. The van der Waals surface area contributed by atoms with E-state index in [1.165, 1.54) is 0 Å². The number of amides is 2. The Morgan fingerprint density at radius 3 is 2.72 bits per heavy atom. The second kappa shape index (κ2) is 6.25. The van der Waals surface area contributed by atoms with Gasteiger partial charge in [-0.05, 0) is 19.1 Å². The van der Waals surface area contributed by atoms with Gasteiger partial charge in [0.1, 0.15) is 11.6 Å². The van der Waals surface area contributed by atoms with Crippen molar-refractivity contribution in [3.8, 4) is 0 Å². The van der Waals surface area contributed by atoms with Crippen molar-refractivity contribution in [3.63, 3.8) is 0 Å². The summed E-state index contributed by atoms with van der Waals surface area (Å²) in [5.41, 5.74) is 5.22. The monoisotopic (exact) mass is 273 g/mol. The highest BCUT2D eigenvalue weighted by Crippen LogP contribution is 2.14. The summed E-state index contributed by atoms with van der Waals surface area (Å²) in [4.78, 5) is 11.7. The summed E-state index contributed by atoms with van der Waals surface area (Å²) in [5, 5.41) is 4.79. The van der Waals surface area contributed by atoms with E-state index in [0.717, 1.165) is 12.1 Å². The normalized spacial score (nSPS) is 11.7. The molecule has 0 saturated carbocycles. The predicted octanol–water partition coefficient (Wildman–Crippen LogP) is 2.15. The lowest BCUT2D eigenvalue weighted by molar-refractivity contribution is 0.249. The van der Waals surface area contributed by atoms with Gasteiger partial charge in [0.2, 0.25) is 0 Å². The van der Waals surface area contributed by atoms with E-state index in [1.54, 1.807) is 6.92 Å². The zero-order valence-electron chi connectivity index (χ0n) is 9.67. The first-order valence-electron chi connectivity index (χ1n) is 5.19. The third-order valence-electron chi connectivity index (χ3n) is 2.06. The maximum absolute atomic E-state index is 13.2. The van der Waals surface area contributed by atoms with E-state index in [-0.39, 0.29) is 16.7 Å². The molecule has 0 aliphatic heterocycles. The topological polar surface area (TPSA) is 67.1 Å². The molecule has 0 bridgehead atoms. The summed E-state index contributed by atoms with van der Waals surface area (Å²) in [6.45, 7) is 1.71. The second-order valence-corrected chi connectivity index (χ2v) is 4.32. The van der Waals surface area contributed by atoms with E-state index in [4.69, 9.17) is 18.0 Å². The molecule has 1 unspecified atom stereocenters. The fraction of sp³-hybridized carbons (Fsp3) is 0.273. The number of benzene rings is 1. The molecule has 0 fully saturated rings. The van der Waals surface area contributed by atoms with Crippen molar-refractivity contribution in [2.75, 3.05) is 5.32 Å². The van der Waals surface area contributed by atoms with Crippen LogP contribution in [0.25, 0.3) is 0 Å². The summed E-state index contributed by atoms with van der Waals surface area (Å²) < 4.78 is 25.9. The standard InChI is InChI=1S/C11H13F2N3OS/c1-6(4-10(14)18)15-11(17)16-9-3-2-7(12)5-8(9)13/h2-3,5-6H,4H2,1H3,(H2,14,18)(H2,15,16,17). The van der Waals surface area contributed by atoms with Crippen molar-refractivity contribution in [1.29, 1.82) is 0 Å². The maximum atomic E-state index is 13.2. The highest BCUT2D eigenvalue weighted by atomic mass is 32.1. The average molecular weight is 273 g/mol. The van der Waals surface area contributed by atoms with Crippen LogP contribution in [-0.2, 0) is 0 Å². The van der Waals surface area contributed by atoms with E-state index in [0.29, 0.717) is 12.5 Å². The minimum absolute atomic E-state index is 0.101. The van der Waals surface area contributed by atoms with Gasteiger partial charge >= 0.3 is 6.03 Å². The first kappa shape index (κ1) is 14.3.